The summed E-state index contributed by atoms with van der Waals surface area (Å²) in [6, 6.07) is 13.2. The van der Waals surface area contributed by atoms with Crippen LogP contribution in [-0.4, -0.2) is 23.9 Å². The number of amides is 1. The van der Waals surface area contributed by atoms with Crippen LogP contribution in [0.2, 0.25) is 0 Å². The van der Waals surface area contributed by atoms with Crippen molar-refractivity contribution >= 4 is 11.6 Å². The highest BCUT2D eigenvalue weighted by atomic mass is 19.4. The molecule has 0 spiro atoms. The van der Waals surface area contributed by atoms with Gasteiger partial charge in [-0.15, -0.1) is 0 Å². The molecule has 2 aromatic carbocycles. The molecule has 1 fully saturated rings. The Morgan fingerprint density at radius 1 is 1.15 bits per heavy atom. The number of hydrogen-bond donors (Lipinski definition) is 1. The number of halogens is 3. The van der Waals surface area contributed by atoms with Crippen molar-refractivity contribution in [3.05, 3.63) is 65.2 Å². The molecular formula is C21H23F3N2O. The first-order valence-corrected chi connectivity index (χ1v) is 9.08. The number of anilines is 1. The van der Waals surface area contributed by atoms with Crippen LogP contribution in [0.1, 0.15) is 29.5 Å². The summed E-state index contributed by atoms with van der Waals surface area (Å²) in [4.78, 5) is 14.8. The number of piperidine rings is 1. The summed E-state index contributed by atoms with van der Waals surface area (Å²) >= 11 is 0. The molecule has 1 aliphatic heterocycles. The molecule has 0 saturated carbocycles. The van der Waals surface area contributed by atoms with Crippen LogP contribution < -0.4 is 5.32 Å². The number of likely N-dealkylation sites (tertiary alicyclic amines) is 1. The van der Waals surface area contributed by atoms with Crippen molar-refractivity contribution < 1.29 is 18.0 Å². The third-order valence-electron chi connectivity index (χ3n) is 5.02. The molecule has 6 heteroatoms. The maximum absolute atomic E-state index is 13.1. The maximum Gasteiger partial charge on any atom is 0.418 e. The Balaban J connectivity index is 1.67. The number of alkyl halides is 3. The van der Waals surface area contributed by atoms with E-state index >= 15 is 0 Å². The predicted octanol–water partition coefficient (Wildman–Crippen LogP) is 4.86. The third kappa shape index (κ3) is 4.89. The Bertz CT molecular complexity index is 804. The summed E-state index contributed by atoms with van der Waals surface area (Å²) in [5.41, 5.74) is 1.42. The average Bonchev–Trinajstić information content (AvgIpc) is 2.63. The van der Waals surface area contributed by atoms with Crippen molar-refractivity contribution in [3.63, 3.8) is 0 Å². The van der Waals surface area contributed by atoms with Gasteiger partial charge in [0.25, 0.3) is 0 Å². The van der Waals surface area contributed by atoms with E-state index < -0.39 is 11.7 Å². The lowest BCUT2D eigenvalue weighted by Gasteiger charge is -2.32. The summed E-state index contributed by atoms with van der Waals surface area (Å²) < 4.78 is 39.4. The van der Waals surface area contributed by atoms with Gasteiger partial charge in [-0.3, -0.25) is 9.69 Å². The maximum atomic E-state index is 13.1. The van der Waals surface area contributed by atoms with Crippen LogP contribution >= 0.6 is 0 Å². The van der Waals surface area contributed by atoms with Gasteiger partial charge in [-0.1, -0.05) is 36.4 Å². The highest BCUT2D eigenvalue weighted by Crippen LogP contribution is 2.35. The molecule has 0 aliphatic carbocycles. The van der Waals surface area contributed by atoms with Crippen molar-refractivity contribution in [1.82, 2.24) is 4.90 Å². The topological polar surface area (TPSA) is 32.3 Å². The molecule has 1 N–H and O–H groups in total. The zero-order valence-electron chi connectivity index (χ0n) is 15.2. The molecule has 3 rings (SSSR count). The molecule has 1 unspecified atom stereocenters. The summed E-state index contributed by atoms with van der Waals surface area (Å²) in [5.74, 6) is -0.662. The van der Waals surface area contributed by atoms with Gasteiger partial charge in [0.15, 0.2) is 0 Å². The van der Waals surface area contributed by atoms with Crippen LogP contribution in [-0.2, 0) is 17.5 Å². The van der Waals surface area contributed by atoms with E-state index in [4.69, 9.17) is 0 Å². The van der Waals surface area contributed by atoms with Crippen molar-refractivity contribution in [3.8, 4) is 0 Å². The second-order valence-electron chi connectivity index (χ2n) is 7.03. The molecule has 1 aliphatic rings. The molecular weight excluding hydrogens is 353 g/mol. The van der Waals surface area contributed by atoms with Gasteiger partial charge in [-0.05, 0) is 49.6 Å². The standard InChI is InChI=1S/C21H23F3N2O/c1-15-7-2-3-8-16(15)13-26-12-6-9-17(14-26)20(27)25-19-11-5-4-10-18(19)21(22,23)24/h2-5,7-8,10-11,17H,6,9,12-14H2,1H3,(H,25,27). The first-order valence-electron chi connectivity index (χ1n) is 9.08. The highest BCUT2D eigenvalue weighted by molar-refractivity contribution is 5.93. The lowest BCUT2D eigenvalue weighted by molar-refractivity contribution is -0.137. The molecule has 3 nitrogen and oxygen atoms in total. The van der Waals surface area contributed by atoms with Gasteiger partial charge in [0, 0.05) is 13.1 Å². The molecule has 0 aromatic heterocycles. The molecule has 27 heavy (non-hydrogen) atoms. The smallest absolute Gasteiger partial charge is 0.325 e. The monoisotopic (exact) mass is 376 g/mol. The number of nitrogens with zero attached hydrogens (tertiary/aromatic N) is 1. The summed E-state index contributed by atoms with van der Waals surface area (Å²) in [7, 11) is 0. The first kappa shape index (κ1) is 19.4. The van der Waals surface area contributed by atoms with Crippen LogP contribution in [0.4, 0.5) is 18.9 Å². The van der Waals surface area contributed by atoms with E-state index in [0.717, 1.165) is 25.6 Å². The fourth-order valence-corrected chi connectivity index (χ4v) is 3.52. The molecule has 1 atom stereocenters. The van der Waals surface area contributed by atoms with E-state index in [9.17, 15) is 18.0 Å². The van der Waals surface area contributed by atoms with Gasteiger partial charge in [0.1, 0.15) is 0 Å². The third-order valence-corrected chi connectivity index (χ3v) is 5.02. The van der Waals surface area contributed by atoms with Gasteiger partial charge in [0.2, 0.25) is 5.91 Å². The fourth-order valence-electron chi connectivity index (χ4n) is 3.52. The minimum atomic E-state index is -4.49. The second-order valence-corrected chi connectivity index (χ2v) is 7.03. The van der Waals surface area contributed by atoms with Crippen LogP contribution in [0.3, 0.4) is 0 Å². The van der Waals surface area contributed by atoms with Gasteiger partial charge in [0.05, 0.1) is 17.2 Å². The van der Waals surface area contributed by atoms with E-state index in [2.05, 4.69) is 29.3 Å². The summed E-state index contributed by atoms with van der Waals surface area (Å²) in [5, 5.41) is 2.50. The van der Waals surface area contributed by atoms with Crippen LogP contribution in [0, 0.1) is 12.8 Å². The van der Waals surface area contributed by atoms with Gasteiger partial charge < -0.3 is 5.32 Å². The largest absolute Gasteiger partial charge is 0.418 e. The number of carbonyl (C=O) groups is 1. The molecule has 1 amide bonds. The fraction of sp³-hybridized carbons (Fsp3) is 0.381. The average molecular weight is 376 g/mol. The number of nitrogens with one attached hydrogen (secondary N) is 1. The second kappa shape index (κ2) is 8.13. The molecule has 0 bridgehead atoms. The SMILES string of the molecule is Cc1ccccc1CN1CCCC(C(=O)Nc2ccccc2C(F)(F)F)C1. The molecule has 0 radical (unpaired) electrons. The van der Waals surface area contributed by atoms with Crippen molar-refractivity contribution in [2.75, 3.05) is 18.4 Å². The summed E-state index contributed by atoms with van der Waals surface area (Å²) in [6.07, 6.45) is -2.96. The number of rotatable bonds is 4. The van der Waals surface area contributed by atoms with Crippen LogP contribution in [0.25, 0.3) is 0 Å². The highest BCUT2D eigenvalue weighted by Gasteiger charge is 2.34. The Morgan fingerprint density at radius 3 is 2.59 bits per heavy atom. The van der Waals surface area contributed by atoms with E-state index in [1.54, 1.807) is 0 Å². The molecule has 2 aromatic rings. The van der Waals surface area contributed by atoms with Crippen molar-refractivity contribution in [1.29, 1.82) is 0 Å². The Morgan fingerprint density at radius 2 is 1.85 bits per heavy atom. The quantitative estimate of drug-likeness (QED) is 0.826. The number of aryl methyl sites for hydroxylation is 1. The normalized spacial score (nSPS) is 18.3. The van der Waals surface area contributed by atoms with Crippen molar-refractivity contribution in [2.24, 2.45) is 5.92 Å². The summed E-state index contributed by atoms with van der Waals surface area (Å²) in [6.45, 7) is 4.23. The van der Waals surface area contributed by atoms with E-state index in [1.807, 2.05) is 12.1 Å². The number of benzene rings is 2. The Hall–Kier alpha value is -2.34. The Kier molecular flexibility index (Phi) is 5.85. The van der Waals surface area contributed by atoms with Gasteiger partial charge in [-0.25, -0.2) is 0 Å². The minimum absolute atomic E-state index is 0.175. The van der Waals surface area contributed by atoms with Crippen LogP contribution in [0.5, 0.6) is 0 Å². The number of carbonyl (C=O) groups excluding carboxylic acids is 1. The van der Waals surface area contributed by atoms with Crippen molar-refractivity contribution in [2.45, 2.75) is 32.5 Å². The Labute approximate surface area is 157 Å². The molecule has 1 heterocycles. The lowest BCUT2D eigenvalue weighted by Crippen LogP contribution is -2.40. The van der Waals surface area contributed by atoms with Crippen LogP contribution in [0.15, 0.2) is 48.5 Å². The lowest BCUT2D eigenvalue weighted by atomic mass is 9.96. The van der Waals surface area contributed by atoms with E-state index in [-0.39, 0.29) is 17.5 Å². The first-order chi connectivity index (χ1) is 12.8. The number of para-hydroxylation sites is 1. The minimum Gasteiger partial charge on any atom is -0.325 e. The zero-order valence-corrected chi connectivity index (χ0v) is 15.2. The zero-order chi connectivity index (χ0) is 19.4. The van der Waals surface area contributed by atoms with Gasteiger partial charge in [-0.2, -0.15) is 13.2 Å². The molecule has 1 saturated heterocycles. The van der Waals surface area contributed by atoms with E-state index in [1.165, 1.54) is 29.3 Å². The van der Waals surface area contributed by atoms with Gasteiger partial charge >= 0.3 is 6.18 Å². The predicted molar refractivity (Wildman–Crippen MR) is 99.3 cm³/mol. The van der Waals surface area contributed by atoms with E-state index in [0.29, 0.717) is 13.0 Å². The molecule has 144 valence electrons. The number of hydrogen-bond acceptors (Lipinski definition) is 2.